The fourth-order valence-electron chi connectivity index (χ4n) is 2.40. The number of carbonyl (C=O) groups is 1. The van der Waals surface area contributed by atoms with Crippen molar-refractivity contribution in [1.29, 1.82) is 0 Å². The van der Waals surface area contributed by atoms with Crippen LogP contribution in [0.2, 0.25) is 0 Å². The lowest BCUT2D eigenvalue weighted by Crippen LogP contribution is -2.21. The van der Waals surface area contributed by atoms with Crippen LogP contribution in [0.5, 0.6) is 0 Å². The first-order valence-corrected chi connectivity index (χ1v) is 7.95. The minimum Gasteiger partial charge on any atom is -0.458 e. The molecule has 140 valence electrons. The molecule has 2 heterocycles. The van der Waals surface area contributed by atoms with E-state index >= 15 is 0 Å². The van der Waals surface area contributed by atoms with Crippen LogP contribution >= 0.6 is 0 Å². The Morgan fingerprint density at radius 2 is 1.89 bits per heavy atom. The Kier molecular flexibility index (Phi) is 5.16. The van der Waals surface area contributed by atoms with Gasteiger partial charge >= 0.3 is 12.1 Å². The van der Waals surface area contributed by atoms with Gasteiger partial charge in [-0.2, -0.15) is 13.2 Å². The Morgan fingerprint density at radius 3 is 2.63 bits per heavy atom. The van der Waals surface area contributed by atoms with E-state index in [4.69, 9.17) is 9.15 Å². The molecule has 0 amide bonds. The van der Waals surface area contributed by atoms with Crippen LogP contribution in [-0.4, -0.2) is 17.1 Å². The summed E-state index contributed by atoms with van der Waals surface area (Å²) in [4.78, 5) is 23.6. The number of carbonyl (C=O) groups excluding carboxylic acids is 1. The van der Waals surface area contributed by atoms with Crippen molar-refractivity contribution in [3.63, 3.8) is 0 Å². The van der Waals surface area contributed by atoms with Crippen LogP contribution in [0.1, 0.15) is 16.1 Å². The predicted molar refractivity (Wildman–Crippen MR) is 90.1 cm³/mol. The molecular weight excluding hydrogens is 363 g/mol. The number of pyridine rings is 1. The van der Waals surface area contributed by atoms with Gasteiger partial charge in [-0.25, -0.2) is 4.79 Å². The summed E-state index contributed by atoms with van der Waals surface area (Å²) < 4.78 is 50.1. The summed E-state index contributed by atoms with van der Waals surface area (Å²) in [7, 11) is 0. The Hall–Kier alpha value is -3.29. The molecule has 0 spiro atoms. The number of furan rings is 1. The highest BCUT2D eigenvalue weighted by Crippen LogP contribution is 2.32. The second-order valence-electron chi connectivity index (χ2n) is 5.61. The molecule has 8 heteroatoms. The zero-order valence-electron chi connectivity index (χ0n) is 13.9. The van der Waals surface area contributed by atoms with Gasteiger partial charge in [0.1, 0.15) is 12.4 Å². The molecule has 0 saturated carbocycles. The second kappa shape index (κ2) is 7.53. The SMILES string of the molecule is O=C(OCCn1ccccc1=O)c1ccc(-c2cccc(C(F)(F)F)c2)o1. The lowest BCUT2D eigenvalue weighted by atomic mass is 10.1. The van der Waals surface area contributed by atoms with E-state index in [0.717, 1.165) is 12.1 Å². The fraction of sp³-hybridized carbons (Fsp3) is 0.158. The van der Waals surface area contributed by atoms with E-state index in [-0.39, 0.29) is 35.8 Å². The summed E-state index contributed by atoms with van der Waals surface area (Å²) >= 11 is 0. The van der Waals surface area contributed by atoms with E-state index in [0.29, 0.717) is 0 Å². The number of aromatic nitrogens is 1. The molecule has 0 unspecified atom stereocenters. The molecule has 0 aliphatic carbocycles. The standard InChI is InChI=1S/C19H14F3NO4/c20-19(21,22)14-5-3-4-13(12-14)15-7-8-16(27-15)18(25)26-11-10-23-9-2-1-6-17(23)24/h1-9,12H,10-11H2. The lowest BCUT2D eigenvalue weighted by molar-refractivity contribution is -0.137. The molecule has 0 atom stereocenters. The van der Waals surface area contributed by atoms with Crippen LogP contribution in [0, 0.1) is 0 Å². The zero-order valence-corrected chi connectivity index (χ0v) is 13.9. The van der Waals surface area contributed by atoms with E-state index in [1.165, 1.54) is 34.9 Å². The third-order valence-corrected chi connectivity index (χ3v) is 3.75. The van der Waals surface area contributed by atoms with Gasteiger partial charge in [0.05, 0.1) is 12.1 Å². The lowest BCUT2D eigenvalue weighted by Gasteiger charge is -2.07. The largest absolute Gasteiger partial charge is 0.458 e. The molecule has 1 aromatic carbocycles. The molecule has 0 saturated heterocycles. The van der Waals surface area contributed by atoms with Crippen molar-refractivity contribution in [1.82, 2.24) is 4.57 Å². The highest BCUT2D eigenvalue weighted by Gasteiger charge is 2.30. The maximum Gasteiger partial charge on any atom is 0.416 e. The van der Waals surface area contributed by atoms with Crippen molar-refractivity contribution in [3.8, 4) is 11.3 Å². The quantitative estimate of drug-likeness (QED) is 0.631. The minimum absolute atomic E-state index is 0.0532. The summed E-state index contributed by atoms with van der Waals surface area (Å²) in [5.41, 5.74) is -0.841. The van der Waals surface area contributed by atoms with Crippen LogP contribution in [0.3, 0.4) is 0 Å². The van der Waals surface area contributed by atoms with E-state index in [2.05, 4.69) is 0 Å². The van der Waals surface area contributed by atoms with Gasteiger partial charge in [-0.05, 0) is 30.3 Å². The molecule has 0 bridgehead atoms. The van der Waals surface area contributed by atoms with Crippen molar-refractivity contribution in [2.24, 2.45) is 0 Å². The van der Waals surface area contributed by atoms with Crippen LogP contribution in [0.25, 0.3) is 11.3 Å². The summed E-state index contributed by atoms with van der Waals surface area (Å²) in [6.07, 6.45) is -2.91. The summed E-state index contributed by atoms with van der Waals surface area (Å²) in [6, 6.07) is 12.0. The molecule has 27 heavy (non-hydrogen) atoms. The van der Waals surface area contributed by atoms with Crippen LogP contribution in [0.4, 0.5) is 13.2 Å². The first-order chi connectivity index (χ1) is 12.8. The maximum atomic E-state index is 12.8. The summed E-state index contributed by atoms with van der Waals surface area (Å²) in [6.45, 7) is 0.120. The van der Waals surface area contributed by atoms with E-state index < -0.39 is 17.7 Å². The molecule has 0 aliphatic heterocycles. The van der Waals surface area contributed by atoms with Gasteiger partial charge in [0.2, 0.25) is 5.76 Å². The number of hydrogen-bond donors (Lipinski definition) is 0. The molecule has 0 fully saturated rings. The number of esters is 1. The molecule has 0 aliphatic rings. The Bertz CT molecular complexity index is 1000. The van der Waals surface area contributed by atoms with Crippen molar-refractivity contribution in [2.45, 2.75) is 12.7 Å². The van der Waals surface area contributed by atoms with Crippen molar-refractivity contribution in [3.05, 3.63) is 82.5 Å². The van der Waals surface area contributed by atoms with Gasteiger partial charge in [0, 0.05) is 17.8 Å². The van der Waals surface area contributed by atoms with E-state index in [1.54, 1.807) is 18.3 Å². The van der Waals surface area contributed by atoms with Crippen molar-refractivity contribution in [2.75, 3.05) is 6.61 Å². The molecule has 0 radical (unpaired) electrons. The summed E-state index contributed by atoms with van der Waals surface area (Å²) in [5.74, 6) is -0.785. The third kappa shape index (κ3) is 4.46. The smallest absolute Gasteiger partial charge is 0.416 e. The molecule has 3 aromatic rings. The minimum atomic E-state index is -4.47. The maximum absolute atomic E-state index is 12.8. The first-order valence-electron chi connectivity index (χ1n) is 7.95. The molecule has 2 aromatic heterocycles. The third-order valence-electron chi connectivity index (χ3n) is 3.75. The van der Waals surface area contributed by atoms with Gasteiger partial charge in [-0.3, -0.25) is 4.79 Å². The fourth-order valence-corrected chi connectivity index (χ4v) is 2.40. The van der Waals surface area contributed by atoms with Crippen molar-refractivity contribution < 1.29 is 27.1 Å². The van der Waals surface area contributed by atoms with Gasteiger partial charge in [0.15, 0.2) is 0 Å². The molecule has 5 nitrogen and oxygen atoms in total. The number of hydrogen-bond acceptors (Lipinski definition) is 4. The Balaban J connectivity index is 1.66. The Morgan fingerprint density at radius 1 is 1.07 bits per heavy atom. The predicted octanol–water partition coefficient (Wildman–Crippen LogP) is 3.98. The molecule has 3 rings (SSSR count). The number of halogens is 3. The van der Waals surface area contributed by atoms with Gasteiger partial charge in [-0.15, -0.1) is 0 Å². The second-order valence-corrected chi connectivity index (χ2v) is 5.61. The zero-order chi connectivity index (χ0) is 19.4. The number of ether oxygens (including phenoxy) is 1. The number of rotatable bonds is 5. The highest BCUT2D eigenvalue weighted by atomic mass is 19.4. The molecule has 0 N–H and O–H groups in total. The average Bonchev–Trinajstić information content (AvgIpc) is 3.13. The topological polar surface area (TPSA) is 61.4 Å². The highest BCUT2D eigenvalue weighted by molar-refractivity contribution is 5.87. The normalized spacial score (nSPS) is 11.4. The monoisotopic (exact) mass is 377 g/mol. The van der Waals surface area contributed by atoms with Crippen LogP contribution in [-0.2, 0) is 17.5 Å². The average molecular weight is 377 g/mol. The summed E-state index contributed by atoms with van der Waals surface area (Å²) in [5, 5.41) is 0. The van der Waals surface area contributed by atoms with E-state index in [9.17, 15) is 22.8 Å². The van der Waals surface area contributed by atoms with Gasteiger partial charge in [0.25, 0.3) is 5.56 Å². The number of nitrogens with zero attached hydrogens (tertiary/aromatic N) is 1. The number of alkyl halides is 3. The van der Waals surface area contributed by atoms with Gasteiger partial charge < -0.3 is 13.7 Å². The first kappa shape index (κ1) is 18.5. The Labute approximate surface area is 151 Å². The van der Waals surface area contributed by atoms with Gasteiger partial charge in [-0.1, -0.05) is 18.2 Å². The van der Waals surface area contributed by atoms with Crippen LogP contribution < -0.4 is 5.56 Å². The molecular formula is C19H14F3NO4. The van der Waals surface area contributed by atoms with Crippen LogP contribution in [0.15, 0.2) is 70.0 Å². The van der Waals surface area contributed by atoms with E-state index in [1.807, 2.05) is 0 Å². The number of benzene rings is 1. The van der Waals surface area contributed by atoms with Crippen molar-refractivity contribution >= 4 is 5.97 Å².